The smallest absolute Gasteiger partial charge is 0.0579 e. The van der Waals surface area contributed by atoms with Crippen molar-refractivity contribution in [3.8, 4) is 0 Å². The Kier molecular flexibility index (Phi) is 4.25. The highest BCUT2D eigenvalue weighted by atomic mass is 79.9. The van der Waals surface area contributed by atoms with Crippen LogP contribution in [-0.2, 0) is 0 Å². The van der Waals surface area contributed by atoms with Crippen molar-refractivity contribution in [3.63, 3.8) is 0 Å². The van der Waals surface area contributed by atoms with Crippen LogP contribution in [0.2, 0.25) is 5.02 Å². The molecule has 1 atom stereocenters. The summed E-state index contributed by atoms with van der Waals surface area (Å²) >= 11 is 11.6. The van der Waals surface area contributed by atoms with E-state index in [9.17, 15) is 0 Å². The molecular weight excluding hydrogens is 366 g/mol. The molecule has 0 spiro atoms. The maximum Gasteiger partial charge on any atom is 0.0579 e. The maximum atomic E-state index is 6.22. The lowest BCUT2D eigenvalue weighted by Crippen LogP contribution is -2.05. The van der Waals surface area contributed by atoms with Crippen LogP contribution >= 0.6 is 38.9 Å². The van der Waals surface area contributed by atoms with Gasteiger partial charge in [-0.1, -0.05) is 29.8 Å². The first-order valence-electron chi connectivity index (χ1n) is 6.75. The minimum absolute atomic E-state index is 0.234. The van der Waals surface area contributed by atoms with Gasteiger partial charge in [-0.3, -0.25) is 0 Å². The van der Waals surface area contributed by atoms with E-state index in [1.54, 1.807) is 0 Å². The molecule has 21 heavy (non-hydrogen) atoms. The number of nitrogens with one attached hydrogen (secondary N) is 1. The van der Waals surface area contributed by atoms with Crippen LogP contribution in [0.5, 0.6) is 0 Å². The molecule has 0 aliphatic carbocycles. The van der Waals surface area contributed by atoms with Crippen LogP contribution in [0.1, 0.15) is 23.4 Å². The number of fused-ring (bicyclic) bond motifs is 1. The summed E-state index contributed by atoms with van der Waals surface area (Å²) in [5.74, 6) is 0. The van der Waals surface area contributed by atoms with E-state index in [4.69, 9.17) is 11.6 Å². The zero-order chi connectivity index (χ0) is 15.0. The number of hydrogen-bond acceptors (Lipinski definition) is 2. The van der Waals surface area contributed by atoms with Crippen LogP contribution in [0.25, 0.3) is 10.1 Å². The molecule has 0 saturated heterocycles. The Labute approximate surface area is 142 Å². The lowest BCUT2D eigenvalue weighted by atomic mass is 10.2. The van der Waals surface area contributed by atoms with E-state index in [1.165, 1.54) is 15.0 Å². The highest BCUT2D eigenvalue weighted by molar-refractivity contribution is 9.10. The lowest BCUT2D eigenvalue weighted by molar-refractivity contribution is 0.907. The topological polar surface area (TPSA) is 12.0 Å². The van der Waals surface area contributed by atoms with Crippen molar-refractivity contribution < 1.29 is 0 Å². The van der Waals surface area contributed by atoms with Gasteiger partial charge in [0.1, 0.15) is 0 Å². The van der Waals surface area contributed by atoms with E-state index in [0.29, 0.717) is 0 Å². The Bertz CT molecular complexity index is 764. The van der Waals surface area contributed by atoms with Gasteiger partial charge >= 0.3 is 0 Å². The first kappa shape index (κ1) is 14.9. The summed E-state index contributed by atoms with van der Waals surface area (Å²) in [6.45, 7) is 4.18. The third kappa shape index (κ3) is 3.10. The van der Waals surface area contributed by atoms with E-state index in [1.807, 2.05) is 30.4 Å². The van der Waals surface area contributed by atoms with Gasteiger partial charge < -0.3 is 5.32 Å². The highest BCUT2D eigenvalue weighted by Crippen LogP contribution is 2.35. The number of thiophene rings is 1. The molecule has 1 nitrogen and oxygen atoms in total. The van der Waals surface area contributed by atoms with E-state index >= 15 is 0 Å². The molecule has 2 aromatic carbocycles. The summed E-state index contributed by atoms with van der Waals surface area (Å²) in [4.78, 5) is 1.32. The summed E-state index contributed by atoms with van der Waals surface area (Å²) < 4.78 is 2.36. The molecule has 0 bridgehead atoms. The second-order valence-electron chi connectivity index (χ2n) is 5.13. The standard InChI is InChI=1S/C17H15BrClNS/c1-10-7-13(18)15(9-14(10)19)20-11(2)17-8-12-5-3-4-6-16(12)21-17/h3-9,11,20H,1-2H3. The van der Waals surface area contributed by atoms with Crippen LogP contribution in [0, 0.1) is 6.92 Å². The van der Waals surface area contributed by atoms with Crippen molar-refractivity contribution >= 4 is 54.6 Å². The van der Waals surface area contributed by atoms with E-state index in [0.717, 1.165) is 20.7 Å². The van der Waals surface area contributed by atoms with Gasteiger partial charge in [0.2, 0.25) is 0 Å². The first-order valence-corrected chi connectivity index (χ1v) is 8.74. The van der Waals surface area contributed by atoms with Gasteiger partial charge in [-0.25, -0.2) is 0 Å². The van der Waals surface area contributed by atoms with Gasteiger partial charge in [-0.05, 0) is 65.0 Å². The van der Waals surface area contributed by atoms with Crippen LogP contribution < -0.4 is 5.32 Å². The van der Waals surface area contributed by atoms with Crippen molar-refractivity contribution in [3.05, 3.63) is 62.4 Å². The molecule has 0 fully saturated rings. The summed E-state index contributed by atoms with van der Waals surface area (Å²) in [5, 5.41) is 5.61. The van der Waals surface area contributed by atoms with Gasteiger partial charge in [0.15, 0.2) is 0 Å². The molecular formula is C17H15BrClNS. The first-order chi connectivity index (χ1) is 10.0. The SMILES string of the molecule is Cc1cc(Br)c(NC(C)c2cc3ccccc3s2)cc1Cl. The third-order valence-corrected chi connectivity index (χ3v) is 5.85. The molecule has 4 heteroatoms. The molecule has 1 unspecified atom stereocenters. The van der Waals surface area contributed by atoms with Crippen LogP contribution in [0.15, 0.2) is 46.9 Å². The summed E-state index contributed by atoms with van der Waals surface area (Å²) in [7, 11) is 0. The van der Waals surface area contributed by atoms with Crippen LogP contribution in [0.4, 0.5) is 5.69 Å². The van der Waals surface area contributed by atoms with Crippen LogP contribution in [-0.4, -0.2) is 0 Å². The fourth-order valence-corrected chi connectivity index (χ4v) is 4.08. The van der Waals surface area contributed by atoms with Crippen molar-refractivity contribution in [2.75, 3.05) is 5.32 Å². The Balaban J connectivity index is 1.89. The fourth-order valence-electron chi connectivity index (χ4n) is 2.28. The number of rotatable bonds is 3. The molecule has 1 heterocycles. The predicted molar refractivity (Wildman–Crippen MR) is 97.8 cm³/mol. The molecule has 3 rings (SSSR count). The van der Waals surface area contributed by atoms with Crippen molar-refractivity contribution in [1.29, 1.82) is 0 Å². The minimum atomic E-state index is 0.234. The van der Waals surface area contributed by atoms with Gasteiger partial charge in [0.25, 0.3) is 0 Å². The van der Waals surface area contributed by atoms with Crippen molar-refractivity contribution in [1.82, 2.24) is 0 Å². The highest BCUT2D eigenvalue weighted by Gasteiger charge is 2.12. The number of halogens is 2. The quantitative estimate of drug-likeness (QED) is 0.527. The number of hydrogen-bond donors (Lipinski definition) is 1. The summed E-state index contributed by atoms with van der Waals surface area (Å²) in [6.07, 6.45) is 0. The maximum absolute atomic E-state index is 6.22. The molecule has 1 aromatic heterocycles. The summed E-state index contributed by atoms with van der Waals surface area (Å²) in [6, 6.07) is 15.0. The van der Waals surface area contributed by atoms with Crippen LogP contribution in [0.3, 0.4) is 0 Å². The van der Waals surface area contributed by atoms with Gasteiger partial charge in [-0.15, -0.1) is 11.3 Å². The molecule has 0 aliphatic rings. The van der Waals surface area contributed by atoms with Gasteiger partial charge in [-0.2, -0.15) is 0 Å². The Morgan fingerprint density at radius 3 is 2.71 bits per heavy atom. The lowest BCUT2D eigenvalue weighted by Gasteiger charge is -2.16. The molecule has 3 aromatic rings. The Morgan fingerprint density at radius 2 is 1.95 bits per heavy atom. The molecule has 0 amide bonds. The van der Waals surface area contributed by atoms with E-state index in [2.05, 4.69) is 58.5 Å². The second kappa shape index (κ2) is 5.99. The third-order valence-electron chi connectivity index (χ3n) is 3.49. The Hall–Kier alpha value is -1.03. The second-order valence-corrected chi connectivity index (χ2v) is 7.51. The molecule has 0 saturated carbocycles. The van der Waals surface area contributed by atoms with Gasteiger partial charge in [0, 0.05) is 19.1 Å². The zero-order valence-corrected chi connectivity index (χ0v) is 14.9. The monoisotopic (exact) mass is 379 g/mol. The van der Waals surface area contributed by atoms with Crippen molar-refractivity contribution in [2.45, 2.75) is 19.9 Å². The molecule has 0 aliphatic heterocycles. The number of aryl methyl sites for hydroxylation is 1. The fraction of sp³-hybridized carbons (Fsp3) is 0.176. The minimum Gasteiger partial charge on any atom is -0.377 e. The van der Waals surface area contributed by atoms with E-state index < -0.39 is 0 Å². The largest absolute Gasteiger partial charge is 0.377 e. The zero-order valence-electron chi connectivity index (χ0n) is 11.8. The van der Waals surface area contributed by atoms with E-state index in [-0.39, 0.29) is 6.04 Å². The van der Waals surface area contributed by atoms with Gasteiger partial charge in [0.05, 0.1) is 11.7 Å². The number of anilines is 1. The van der Waals surface area contributed by atoms with Crippen molar-refractivity contribution in [2.24, 2.45) is 0 Å². The molecule has 108 valence electrons. The molecule has 1 N–H and O–H groups in total. The average Bonchev–Trinajstić information content (AvgIpc) is 2.88. The molecule has 0 radical (unpaired) electrons. The normalized spacial score (nSPS) is 12.6. The number of benzene rings is 2. The summed E-state index contributed by atoms with van der Waals surface area (Å²) in [5.41, 5.74) is 2.10. The Morgan fingerprint density at radius 1 is 1.19 bits per heavy atom. The predicted octanol–water partition coefficient (Wildman–Crippen LogP) is 6.80. The average molecular weight is 381 g/mol.